The van der Waals surface area contributed by atoms with E-state index in [0.29, 0.717) is 6.42 Å². The fourth-order valence-corrected chi connectivity index (χ4v) is 1.42. The molecule has 0 aromatic carbocycles. The van der Waals surface area contributed by atoms with Crippen LogP contribution in [0, 0.1) is 0 Å². The zero-order valence-corrected chi connectivity index (χ0v) is 10.6. The highest BCUT2D eigenvalue weighted by molar-refractivity contribution is 6.62. The zero-order chi connectivity index (χ0) is 13.1. The van der Waals surface area contributed by atoms with E-state index in [2.05, 4.69) is 16.5 Å². The van der Waals surface area contributed by atoms with Crippen molar-refractivity contribution in [3.63, 3.8) is 0 Å². The molecule has 0 unspecified atom stereocenters. The van der Waals surface area contributed by atoms with Crippen LogP contribution in [0.1, 0.15) is 52.4 Å². The monoisotopic (exact) mass is 240 g/mol. The van der Waals surface area contributed by atoms with Crippen LogP contribution in [-0.4, -0.2) is 28.9 Å². The third kappa shape index (κ3) is 6.64. The smallest absolute Gasteiger partial charge is 0.441 e. The van der Waals surface area contributed by atoms with Gasteiger partial charge in [0.25, 0.3) is 5.78 Å². The number of Topliss-reactive ketones (excluding diaryl/α,β-unsaturated/α-hetero) is 1. The first-order chi connectivity index (χ1) is 8.17. The highest BCUT2D eigenvalue weighted by Crippen LogP contribution is 2.05. The van der Waals surface area contributed by atoms with Gasteiger partial charge in [0.2, 0.25) is 0 Å². The number of carbonyl (C=O) groups is 2. The minimum atomic E-state index is -0.853. The summed E-state index contributed by atoms with van der Waals surface area (Å²) in [6, 6.07) is 0. The molecule has 0 aromatic heterocycles. The molecule has 5 nitrogen and oxygen atoms in total. The number of ketones is 1. The summed E-state index contributed by atoms with van der Waals surface area (Å²) in [5, 5.41) is 0. The number of hydrogen-bond acceptors (Lipinski definition) is 3. The standard InChI is InChI=1S/C12H20N2O3/c1-3-5-6-7-8-9-10(15)11(14-13)12(16)17-4-2/h3-9H2,1-2H3. The molecule has 0 saturated carbocycles. The molecule has 0 rings (SSSR count). The van der Waals surface area contributed by atoms with Crippen LogP contribution in [0.2, 0.25) is 0 Å². The maximum absolute atomic E-state index is 11.5. The van der Waals surface area contributed by atoms with Crippen molar-refractivity contribution in [3.8, 4) is 0 Å². The lowest BCUT2D eigenvalue weighted by atomic mass is 10.1. The van der Waals surface area contributed by atoms with E-state index in [1.54, 1.807) is 6.92 Å². The first kappa shape index (κ1) is 15.5. The van der Waals surface area contributed by atoms with Gasteiger partial charge in [-0.25, -0.2) is 4.79 Å². The maximum Gasteiger partial charge on any atom is 0.441 e. The molecule has 5 heteroatoms. The van der Waals surface area contributed by atoms with Crippen molar-refractivity contribution in [2.45, 2.75) is 52.4 Å². The lowest BCUT2D eigenvalue weighted by Crippen LogP contribution is -2.27. The summed E-state index contributed by atoms with van der Waals surface area (Å²) in [6.07, 6.45) is 5.24. The Bertz CT molecular complexity index is 307. The molecular formula is C12H20N2O3. The molecule has 0 amide bonds. The quantitative estimate of drug-likeness (QED) is 0.155. The van der Waals surface area contributed by atoms with Crippen LogP contribution in [0.3, 0.4) is 0 Å². The first-order valence-corrected chi connectivity index (χ1v) is 6.09. The predicted octanol–water partition coefficient (Wildman–Crippen LogP) is 2.15. The number of rotatable bonds is 9. The normalized spacial score (nSPS) is 9.53. The molecule has 0 saturated heterocycles. The van der Waals surface area contributed by atoms with Crippen LogP contribution in [0.25, 0.3) is 5.53 Å². The summed E-state index contributed by atoms with van der Waals surface area (Å²) >= 11 is 0. The Hall–Kier alpha value is -1.48. The summed E-state index contributed by atoms with van der Waals surface area (Å²) in [4.78, 5) is 25.5. The van der Waals surface area contributed by atoms with E-state index >= 15 is 0 Å². The van der Waals surface area contributed by atoms with Gasteiger partial charge < -0.3 is 10.3 Å². The van der Waals surface area contributed by atoms with E-state index in [-0.39, 0.29) is 13.0 Å². The highest BCUT2D eigenvalue weighted by Gasteiger charge is 2.29. The number of unbranched alkanes of at least 4 members (excludes halogenated alkanes) is 4. The topological polar surface area (TPSA) is 79.8 Å². The van der Waals surface area contributed by atoms with Crippen molar-refractivity contribution in [2.75, 3.05) is 6.61 Å². The van der Waals surface area contributed by atoms with Gasteiger partial charge in [0.1, 0.15) is 0 Å². The molecule has 0 fully saturated rings. The molecule has 17 heavy (non-hydrogen) atoms. The Morgan fingerprint density at radius 3 is 2.29 bits per heavy atom. The Kier molecular flexibility index (Phi) is 8.88. The van der Waals surface area contributed by atoms with Crippen molar-refractivity contribution in [1.82, 2.24) is 0 Å². The van der Waals surface area contributed by atoms with Crippen LogP contribution in [0.15, 0.2) is 0 Å². The molecule has 0 heterocycles. The SMILES string of the molecule is CCCCCCCC(=O)C(=[N+]=[N-])C(=O)OCC. The second kappa shape index (κ2) is 9.73. The van der Waals surface area contributed by atoms with E-state index in [4.69, 9.17) is 5.53 Å². The van der Waals surface area contributed by atoms with Gasteiger partial charge in [0.15, 0.2) is 0 Å². The molecule has 0 radical (unpaired) electrons. The van der Waals surface area contributed by atoms with Crippen molar-refractivity contribution in [3.05, 3.63) is 5.53 Å². The van der Waals surface area contributed by atoms with Crippen LogP contribution in [0.4, 0.5) is 0 Å². The van der Waals surface area contributed by atoms with E-state index < -0.39 is 17.5 Å². The molecule has 0 bridgehead atoms. The second-order valence-electron chi connectivity index (χ2n) is 3.76. The molecule has 0 atom stereocenters. The van der Waals surface area contributed by atoms with Gasteiger partial charge in [0, 0.05) is 6.42 Å². The van der Waals surface area contributed by atoms with Crippen molar-refractivity contribution in [2.24, 2.45) is 0 Å². The van der Waals surface area contributed by atoms with Gasteiger partial charge in [-0.15, -0.1) is 0 Å². The Labute approximate surface area is 102 Å². The van der Waals surface area contributed by atoms with Gasteiger partial charge in [-0.05, 0) is 13.3 Å². The van der Waals surface area contributed by atoms with Crippen LogP contribution < -0.4 is 0 Å². The molecule has 0 aliphatic carbocycles. The predicted molar refractivity (Wildman–Crippen MR) is 63.6 cm³/mol. The molecule has 0 aromatic rings. The van der Waals surface area contributed by atoms with Gasteiger partial charge in [0.05, 0.1) is 6.61 Å². The minimum Gasteiger partial charge on any atom is -0.457 e. The van der Waals surface area contributed by atoms with E-state index in [1.807, 2.05) is 0 Å². The summed E-state index contributed by atoms with van der Waals surface area (Å²) < 4.78 is 4.61. The van der Waals surface area contributed by atoms with Crippen LogP contribution in [0.5, 0.6) is 0 Å². The molecule has 0 spiro atoms. The number of ether oxygens (including phenoxy) is 1. The Morgan fingerprint density at radius 2 is 1.76 bits per heavy atom. The largest absolute Gasteiger partial charge is 0.457 e. The highest BCUT2D eigenvalue weighted by atomic mass is 16.5. The Balaban J connectivity index is 4.02. The van der Waals surface area contributed by atoms with Gasteiger partial charge in [-0.1, -0.05) is 32.6 Å². The van der Waals surface area contributed by atoms with Gasteiger partial charge in [-0.2, -0.15) is 4.79 Å². The average molecular weight is 240 g/mol. The number of hydrogen-bond donors (Lipinski definition) is 0. The molecule has 0 N–H and O–H groups in total. The Morgan fingerprint density at radius 1 is 1.12 bits per heavy atom. The van der Waals surface area contributed by atoms with Gasteiger partial charge >= 0.3 is 11.7 Å². The third-order valence-corrected chi connectivity index (χ3v) is 2.34. The van der Waals surface area contributed by atoms with Crippen molar-refractivity contribution in [1.29, 1.82) is 0 Å². The number of carbonyl (C=O) groups excluding carboxylic acids is 2. The summed E-state index contributed by atoms with van der Waals surface area (Å²) in [5.74, 6) is -1.31. The average Bonchev–Trinajstić information content (AvgIpc) is 2.30. The summed E-state index contributed by atoms with van der Waals surface area (Å²) in [6.45, 7) is 3.90. The molecule has 0 aliphatic rings. The first-order valence-electron chi connectivity index (χ1n) is 6.09. The van der Waals surface area contributed by atoms with Crippen LogP contribution in [-0.2, 0) is 14.3 Å². The second-order valence-corrected chi connectivity index (χ2v) is 3.76. The summed E-state index contributed by atoms with van der Waals surface area (Å²) in [5.41, 5.74) is 8.10. The molecular weight excluding hydrogens is 220 g/mol. The minimum absolute atomic E-state index is 0.154. The molecule has 0 aliphatic heterocycles. The fraction of sp³-hybridized carbons (Fsp3) is 0.750. The van der Waals surface area contributed by atoms with Crippen LogP contribution >= 0.6 is 0 Å². The van der Waals surface area contributed by atoms with E-state index in [0.717, 1.165) is 25.7 Å². The van der Waals surface area contributed by atoms with Gasteiger partial charge in [-0.3, -0.25) is 4.79 Å². The van der Waals surface area contributed by atoms with Crippen molar-refractivity contribution < 1.29 is 19.1 Å². The lowest BCUT2D eigenvalue weighted by molar-refractivity contribution is -0.141. The number of nitrogens with zero attached hydrogens (tertiary/aromatic N) is 2. The van der Waals surface area contributed by atoms with Crippen molar-refractivity contribution >= 4 is 17.5 Å². The fourth-order valence-electron chi connectivity index (χ4n) is 1.42. The lowest BCUT2D eigenvalue weighted by Gasteiger charge is -1.98. The molecule has 96 valence electrons. The number of esters is 1. The maximum atomic E-state index is 11.5. The van der Waals surface area contributed by atoms with E-state index in [1.165, 1.54) is 0 Å². The zero-order valence-electron chi connectivity index (χ0n) is 10.6. The summed E-state index contributed by atoms with van der Waals surface area (Å²) in [7, 11) is 0. The van der Waals surface area contributed by atoms with E-state index in [9.17, 15) is 9.59 Å². The third-order valence-electron chi connectivity index (χ3n) is 2.34.